The highest BCUT2D eigenvalue weighted by molar-refractivity contribution is 14.1. The van der Waals surface area contributed by atoms with Crippen LogP contribution in [0.25, 0.3) is 0 Å². The molecule has 0 bridgehead atoms. The fourth-order valence-electron chi connectivity index (χ4n) is 1.63. The maximum absolute atomic E-state index is 13.0. The SMILES string of the molecule is CCN(CC(C)(C)O)C(=O)c1ccc(F)cc1I. The van der Waals surface area contributed by atoms with Crippen molar-refractivity contribution in [2.75, 3.05) is 13.1 Å². The van der Waals surface area contributed by atoms with E-state index in [4.69, 9.17) is 0 Å². The van der Waals surface area contributed by atoms with Gasteiger partial charge in [0.05, 0.1) is 11.2 Å². The normalized spacial score (nSPS) is 11.4. The summed E-state index contributed by atoms with van der Waals surface area (Å²) >= 11 is 1.94. The third-order valence-electron chi connectivity index (χ3n) is 2.41. The first-order valence-electron chi connectivity index (χ1n) is 5.71. The van der Waals surface area contributed by atoms with Gasteiger partial charge in [0.1, 0.15) is 5.82 Å². The average Bonchev–Trinajstić information content (AvgIpc) is 2.24. The van der Waals surface area contributed by atoms with Crippen molar-refractivity contribution in [2.24, 2.45) is 0 Å². The molecule has 1 aromatic carbocycles. The Morgan fingerprint density at radius 3 is 2.56 bits per heavy atom. The van der Waals surface area contributed by atoms with Crippen LogP contribution in [-0.4, -0.2) is 34.6 Å². The fourth-order valence-corrected chi connectivity index (χ4v) is 2.34. The van der Waals surface area contributed by atoms with Gasteiger partial charge in [-0.15, -0.1) is 0 Å². The number of rotatable bonds is 4. The standard InChI is InChI=1S/C13H17FINO2/c1-4-16(8-13(2,3)18)12(17)10-6-5-9(14)7-11(10)15/h5-7,18H,4,8H2,1-3H3. The molecule has 1 rings (SSSR count). The quantitative estimate of drug-likeness (QED) is 0.834. The van der Waals surface area contributed by atoms with Crippen molar-refractivity contribution in [1.82, 2.24) is 4.90 Å². The molecule has 0 heterocycles. The molecule has 0 radical (unpaired) electrons. The molecule has 0 atom stereocenters. The second-order valence-corrected chi connectivity index (χ2v) is 5.92. The highest BCUT2D eigenvalue weighted by Crippen LogP contribution is 2.17. The van der Waals surface area contributed by atoms with Crippen LogP contribution in [-0.2, 0) is 0 Å². The molecule has 18 heavy (non-hydrogen) atoms. The predicted octanol–water partition coefficient (Wildman–Crippen LogP) is 2.66. The Morgan fingerprint density at radius 1 is 1.50 bits per heavy atom. The summed E-state index contributed by atoms with van der Waals surface area (Å²) in [5, 5.41) is 9.77. The molecular formula is C13H17FINO2. The third kappa shape index (κ3) is 4.20. The highest BCUT2D eigenvalue weighted by Gasteiger charge is 2.23. The summed E-state index contributed by atoms with van der Waals surface area (Å²) in [6.45, 7) is 5.89. The van der Waals surface area contributed by atoms with Gasteiger partial charge in [-0.3, -0.25) is 4.79 Å². The van der Waals surface area contributed by atoms with Gasteiger partial charge in [-0.25, -0.2) is 4.39 Å². The van der Waals surface area contributed by atoms with Crippen LogP contribution in [0.1, 0.15) is 31.1 Å². The number of likely N-dealkylation sites (N-methyl/N-ethyl adjacent to an activating group) is 1. The molecule has 0 saturated heterocycles. The van der Waals surface area contributed by atoms with E-state index in [2.05, 4.69) is 0 Å². The van der Waals surface area contributed by atoms with Crippen molar-refractivity contribution in [3.8, 4) is 0 Å². The minimum Gasteiger partial charge on any atom is -0.389 e. The lowest BCUT2D eigenvalue weighted by Crippen LogP contribution is -2.42. The van der Waals surface area contributed by atoms with Gasteiger partial charge in [0, 0.05) is 16.7 Å². The van der Waals surface area contributed by atoms with E-state index in [-0.39, 0.29) is 18.3 Å². The second kappa shape index (κ2) is 5.97. The average molecular weight is 365 g/mol. The minimum absolute atomic E-state index is 0.191. The molecule has 0 saturated carbocycles. The number of benzene rings is 1. The molecule has 1 N–H and O–H groups in total. The zero-order chi connectivity index (χ0) is 13.9. The molecule has 3 nitrogen and oxygen atoms in total. The summed E-state index contributed by atoms with van der Waals surface area (Å²) in [6.07, 6.45) is 0. The summed E-state index contributed by atoms with van der Waals surface area (Å²) in [5.74, 6) is -0.550. The van der Waals surface area contributed by atoms with E-state index in [1.165, 1.54) is 18.2 Å². The van der Waals surface area contributed by atoms with E-state index < -0.39 is 5.60 Å². The van der Waals surface area contributed by atoms with Crippen molar-refractivity contribution in [2.45, 2.75) is 26.4 Å². The van der Waals surface area contributed by atoms with Crippen molar-refractivity contribution in [3.63, 3.8) is 0 Å². The lowest BCUT2D eigenvalue weighted by atomic mass is 10.1. The molecule has 1 aromatic rings. The van der Waals surface area contributed by atoms with E-state index in [1.807, 2.05) is 29.5 Å². The van der Waals surface area contributed by atoms with E-state index in [0.717, 1.165) is 0 Å². The van der Waals surface area contributed by atoms with Crippen molar-refractivity contribution >= 4 is 28.5 Å². The number of carbonyl (C=O) groups excluding carboxylic acids is 1. The number of amides is 1. The molecule has 1 amide bonds. The molecule has 0 unspecified atom stereocenters. The van der Waals surface area contributed by atoms with Crippen LogP contribution in [0.5, 0.6) is 0 Å². The summed E-state index contributed by atoms with van der Waals surface area (Å²) in [6, 6.07) is 4.07. The van der Waals surface area contributed by atoms with Crippen molar-refractivity contribution in [1.29, 1.82) is 0 Å². The van der Waals surface area contributed by atoms with Gasteiger partial charge in [0.2, 0.25) is 0 Å². The lowest BCUT2D eigenvalue weighted by Gasteiger charge is -2.28. The monoisotopic (exact) mass is 365 g/mol. The molecule has 0 spiro atoms. The molecule has 0 aromatic heterocycles. The second-order valence-electron chi connectivity index (χ2n) is 4.76. The zero-order valence-electron chi connectivity index (χ0n) is 10.7. The number of halogens is 2. The molecule has 0 fully saturated rings. The Balaban J connectivity index is 2.97. The Bertz CT molecular complexity index is 443. The van der Waals surface area contributed by atoms with E-state index >= 15 is 0 Å². The van der Waals surface area contributed by atoms with Crippen LogP contribution in [0.2, 0.25) is 0 Å². The van der Waals surface area contributed by atoms with Gasteiger partial charge in [0.15, 0.2) is 0 Å². The maximum atomic E-state index is 13.0. The van der Waals surface area contributed by atoms with Gasteiger partial charge >= 0.3 is 0 Å². The number of hydrogen-bond donors (Lipinski definition) is 1. The summed E-state index contributed by atoms with van der Waals surface area (Å²) in [5.41, 5.74) is -0.486. The van der Waals surface area contributed by atoms with Crippen molar-refractivity contribution < 1.29 is 14.3 Å². The minimum atomic E-state index is -0.947. The van der Waals surface area contributed by atoms with Gasteiger partial charge in [-0.1, -0.05) is 0 Å². The molecule has 100 valence electrons. The van der Waals surface area contributed by atoms with Crippen LogP contribution < -0.4 is 0 Å². The zero-order valence-corrected chi connectivity index (χ0v) is 12.9. The molecule has 5 heteroatoms. The van der Waals surface area contributed by atoms with Crippen LogP contribution in [0.15, 0.2) is 18.2 Å². The highest BCUT2D eigenvalue weighted by atomic mass is 127. The first-order valence-corrected chi connectivity index (χ1v) is 6.79. The topological polar surface area (TPSA) is 40.5 Å². The van der Waals surface area contributed by atoms with Gasteiger partial charge in [0.25, 0.3) is 5.91 Å². The first kappa shape index (κ1) is 15.4. The number of carbonyl (C=O) groups is 1. The molecular weight excluding hydrogens is 348 g/mol. The smallest absolute Gasteiger partial charge is 0.255 e. The Morgan fingerprint density at radius 2 is 2.11 bits per heavy atom. The lowest BCUT2D eigenvalue weighted by molar-refractivity contribution is 0.0314. The van der Waals surface area contributed by atoms with Crippen LogP contribution in [0, 0.1) is 9.39 Å². The van der Waals surface area contributed by atoms with Crippen LogP contribution in [0.4, 0.5) is 4.39 Å². The summed E-state index contributed by atoms with van der Waals surface area (Å²) in [7, 11) is 0. The largest absolute Gasteiger partial charge is 0.389 e. The number of nitrogens with zero attached hydrogens (tertiary/aromatic N) is 1. The summed E-state index contributed by atoms with van der Waals surface area (Å²) < 4.78 is 13.6. The van der Waals surface area contributed by atoms with E-state index in [0.29, 0.717) is 15.7 Å². The molecule has 0 aliphatic carbocycles. The Hall–Kier alpha value is -0.690. The first-order chi connectivity index (χ1) is 8.24. The predicted molar refractivity (Wildman–Crippen MR) is 77.0 cm³/mol. The van der Waals surface area contributed by atoms with Gasteiger partial charge in [-0.2, -0.15) is 0 Å². The third-order valence-corrected chi connectivity index (χ3v) is 3.30. The van der Waals surface area contributed by atoms with E-state index in [1.54, 1.807) is 18.7 Å². The maximum Gasteiger partial charge on any atom is 0.255 e. The van der Waals surface area contributed by atoms with Crippen molar-refractivity contribution in [3.05, 3.63) is 33.1 Å². The fraction of sp³-hybridized carbons (Fsp3) is 0.462. The van der Waals surface area contributed by atoms with Crippen LogP contribution in [0.3, 0.4) is 0 Å². The molecule has 0 aliphatic heterocycles. The summed E-state index contributed by atoms with van der Waals surface area (Å²) in [4.78, 5) is 13.8. The number of hydrogen-bond acceptors (Lipinski definition) is 2. The van der Waals surface area contributed by atoms with Crippen LogP contribution >= 0.6 is 22.6 Å². The Labute approximate surface area is 120 Å². The van der Waals surface area contributed by atoms with Gasteiger partial charge < -0.3 is 10.0 Å². The van der Waals surface area contributed by atoms with E-state index in [9.17, 15) is 14.3 Å². The van der Waals surface area contributed by atoms with Gasteiger partial charge in [-0.05, 0) is 61.6 Å². The Kier molecular flexibility index (Phi) is 5.10. The molecule has 0 aliphatic rings. The number of aliphatic hydroxyl groups is 1.